The zero-order chi connectivity index (χ0) is 18.6. The van der Waals surface area contributed by atoms with Gasteiger partial charge in [0.15, 0.2) is 5.78 Å². The van der Waals surface area contributed by atoms with Crippen LogP contribution in [-0.2, 0) is 15.3 Å². The molecule has 7 heteroatoms. The van der Waals surface area contributed by atoms with E-state index in [1.54, 1.807) is 29.6 Å². The molecular formula is C18H18BrNO3S2. The molecule has 2 aromatic heterocycles. The van der Waals surface area contributed by atoms with E-state index in [9.17, 15) is 13.2 Å². The van der Waals surface area contributed by atoms with Crippen LogP contribution in [0.25, 0.3) is 10.9 Å². The summed E-state index contributed by atoms with van der Waals surface area (Å²) in [5.41, 5.74) is 1.45. The first-order valence-electron chi connectivity index (χ1n) is 7.68. The summed E-state index contributed by atoms with van der Waals surface area (Å²) in [6.07, 6.45) is 0. The summed E-state index contributed by atoms with van der Waals surface area (Å²) in [4.78, 5) is 15.7. The molecule has 0 saturated carbocycles. The minimum Gasteiger partial charge on any atom is -0.356 e. The van der Waals surface area contributed by atoms with Crippen molar-refractivity contribution in [3.8, 4) is 0 Å². The second kappa shape index (κ2) is 6.07. The van der Waals surface area contributed by atoms with Crippen LogP contribution >= 0.6 is 27.3 Å². The van der Waals surface area contributed by atoms with Crippen LogP contribution in [0.5, 0.6) is 0 Å². The number of hydrogen-bond donors (Lipinski definition) is 1. The Balaban J connectivity index is 2.45. The minimum absolute atomic E-state index is 0.0891. The van der Waals surface area contributed by atoms with Crippen LogP contribution in [0, 0.1) is 0 Å². The number of fused-ring (bicyclic) bond motifs is 1. The first kappa shape index (κ1) is 18.4. The first-order chi connectivity index (χ1) is 11.5. The monoisotopic (exact) mass is 439 g/mol. The molecule has 3 rings (SSSR count). The molecule has 0 aliphatic rings. The van der Waals surface area contributed by atoms with E-state index in [2.05, 4.69) is 20.9 Å². The van der Waals surface area contributed by atoms with E-state index >= 15 is 0 Å². The maximum Gasteiger partial charge on any atom is 0.218 e. The van der Waals surface area contributed by atoms with Gasteiger partial charge >= 0.3 is 0 Å². The highest BCUT2D eigenvalue weighted by Gasteiger charge is 2.29. The smallest absolute Gasteiger partial charge is 0.218 e. The van der Waals surface area contributed by atoms with E-state index in [0.717, 1.165) is 5.69 Å². The standard InChI is InChI=1S/C18H18BrNO3S2/c1-10(21)15-12-8-11(19)9-13(16(12)20-17(15)18(2,3)4)25(22,23)14-6-5-7-24-14/h5-9,20H,1-4H3. The van der Waals surface area contributed by atoms with Crippen molar-refractivity contribution >= 4 is 53.8 Å². The summed E-state index contributed by atoms with van der Waals surface area (Å²) in [6, 6.07) is 6.69. The molecule has 3 aromatic rings. The van der Waals surface area contributed by atoms with Crippen molar-refractivity contribution in [3.05, 3.63) is 45.4 Å². The molecule has 0 amide bonds. The summed E-state index contributed by atoms with van der Waals surface area (Å²) in [5.74, 6) is -0.0891. The van der Waals surface area contributed by atoms with Gasteiger partial charge in [0.1, 0.15) is 4.21 Å². The van der Waals surface area contributed by atoms with Crippen molar-refractivity contribution < 1.29 is 13.2 Å². The molecule has 1 aromatic carbocycles. The predicted molar refractivity (Wildman–Crippen MR) is 104 cm³/mol. The lowest BCUT2D eigenvalue weighted by Crippen LogP contribution is -2.15. The summed E-state index contributed by atoms with van der Waals surface area (Å²) in [5, 5.41) is 2.36. The van der Waals surface area contributed by atoms with Crippen LogP contribution in [0.4, 0.5) is 0 Å². The lowest BCUT2D eigenvalue weighted by Gasteiger charge is -2.18. The Hall–Kier alpha value is -1.44. The van der Waals surface area contributed by atoms with Crippen molar-refractivity contribution in [3.63, 3.8) is 0 Å². The third-order valence-corrected chi connectivity index (χ3v) is 7.62. The summed E-state index contributed by atoms with van der Waals surface area (Å²) in [6.45, 7) is 7.48. The molecule has 0 radical (unpaired) electrons. The van der Waals surface area contributed by atoms with Gasteiger partial charge in [-0.05, 0) is 30.5 Å². The average molecular weight is 440 g/mol. The molecule has 0 atom stereocenters. The molecule has 0 saturated heterocycles. The van der Waals surface area contributed by atoms with E-state index in [1.807, 2.05) is 20.8 Å². The van der Waals surface area contributed by atoms with E-state index < -0.39 is 9.84 Å². The SMILES string of the molecule is CC(=O)c1c(C(C)(C)C)[nH]c2c(S(=O)(=O)c3cccs3)cc(Br)cc12. The molecule has 0 aliphatic carbocycles. The number of aromatic nitrogens is 1. The second-order valence-electron chi connectivity index (χ2n) is 6.94. The van der Waals surface area contributed by atoms with Gasteiger partial charge in [-0.1, -0.05) is 42.8 Å². The maximum atomic E-state index is 13.1. The van der Waals surface area contributed by atoms with Gasteiger partial charge in [-0.25, -0.2) is 8.42 Å². The Labute approximate surface area is 159 Å². The van der Waals surface area contributed by atoms with Crippen LogP contribution in [0.3, 0.4) is 0 Å². The fourth-order valence-electron chi connectivity index (χ4n) is 2.90. The molecule has 132 valence electrons. The highest BCUT2D eigenvalue weighted by molar-refractivity contribution is 9.10. The Kier molecular flexibility index (Phi) is 4.46. The number of carbonyl (C=O) groups is 1. The van der Waals surface area contributed by atoms with Crippen molar-refractivity contribution in [1.29, 1.82) is 0 Å². The van der Waals surface area contributed by atoms with Crippen LogP contribution in [-0.4, -0.2) is 19.2 Å². The van der Waals surface area contributed by atoms with Crippen LogP contribution in [0.2, 0.25) is 0 Å². The van der Waals surface area contributed by atoms with Crippen molar-refractivity contribution in [1.82, 2.24) is 4.98 Å². The Bertz CT molecular complexity index is 1070. The van der Waals surface area contributed by atoms with Crippen molar-refractivity contribution in [2.24, 2.45) is 0 Å². The van der Waals surface area contributed by atoms with Crippen LogP contribution < -0.4 is 0 Å². The summed E-state index contributed by atoms with van der Waals surface area (Å²) in [7, 11) is -3.67. The first-order valence-corrected chi connectivity index (χ1v) is 10.8. The molecule has 0 aliphatic heterocycles. The van der Waals surface area contributed by atoms with Gasteiger partial charge in [-0.3, -0.25) is 4.79 Å². The van der Waals surface area contributed by atoms with Gasteiger partial charge in [0.2, 0.25) is 9.84 Å². The largest absolute Gasteiger partial charge is 0.356 e. The third kappa shape index (κ3) is 3.09. The predicted octanol–water partition coefficient (Wildman–Crippen LogP) is 5.32. The summed E-state index contributed by atoms with van der Waals surface area (Å²) < 4.78 is 27.1. The molecule has 0 fully saturated rings. The van der Waals surface area contributed by atoms with Gasteiger partial charge < -0.3 is 4.98 Å². The van der Waals surface area contributed by atoms with Gasteiger partial charge in [-0.15, -0.1) is 11.3 Å². The van der Waals surface area contributed by atoms with Gasteiger partial charge in [0, 0.05) is 26.5 Å². The van der Waals surface area contributed by atoms with Gasteiger partial charge in [0.05, 0.1) is 10.4 Å². The highest BCUT2D eigenvalue weighted by atomic mass is 79.9. The molecule has 1 N–H and O–H groups in total. The second-order valence-corrected chi connectivity index (χ2v) is 11.0. The van der Waals surface area contributed by atoms with E-state index in [0.29, 0.717) is 20.9 Å². The Morgan fingerprint density at radius 2 is 1.92 bits per heavy atom. The number of nitrogens with one attached hydrogen (secondary N) is 1. The fraction of sp³-hybridized carbons (Fsp3) is 0.278. The summed E-state index contributed by atoms with van der Waals surface area (Å²) >= 11 is 4.57. The number of hydrogen-bond acceptors (Lipinski definition) is 4. The van der Waals surface area contributed by atoms with E-state index in [4.69, 9.17) is 0 Å². The molecule has 2 heterocycles. The number of halogens is 1. The highest BCUT2D eigenvalue weighted by Crippen LogP contribution is 2.38. The van der Waals surface area contributed by atoms with E-state index in [1.165, 1.54) is 18.3 Å². The van der Waals surface area contributed by atoms with Gasteiger partial charge in [0.25, 0.3) is 0 Å². The molecule has 25 heavy (non-hydrogen) atoms. The molecule has 0 spiro atoms. The maximum absolute atomic E-state index is 13.1. The number of sulfone groups is 1. The van der Waals surface area contributed by atoms with Crippen LogP contribution in [0.1, 0.15) is 43.7 Å². The molecule has 4 nitrogen and oxygen atoms in total. The number of Topliss-reactive ketones (excluding diaryl/α,β-unsaturated/α-hetero) is 1. The lowest BCUT2D eigenvalue weighted by molar-refractivity contribution is 0.101. The molecule has 0 unspecified atom stereocenters. The normalized spacial score (nSPS) is 12.7. The Morgan fingerprint density at radius 1 is 1.24 bits per heavy atom. The van der Waals surface area contributed by atoms with Crippen molar-refractivity contribution in [2.75, 3.05) is 0 Å². The minimum atomic E-state index is -3.67. The van der Waals surface area contributed by atoms with E-state index in [-0.39, 0.29) is 20.3 Å². The fourth-order valence-corrected chi connectivity index (χ4v) is 6.08. The quantitative estimate of drug-likeness (QED) is 0.561. The van der Waals surface area contributed by atoms with Crippen LogP contribution in [0.15, 0.2) is 43.2 Å². The van der Waals surface area contributed by atoms with Crippen molar-refractivity contribution in [2.45, 2.75) is 42.2 Å². The lowest BCUT2D eigenvalue weighted by atomic mass is 9.88. The number of rotatable bonds is 3. The number of ketones is 1. The third-order valence-electron chi connectivity index (χ3n) is 3.99. The topological polar surface area (TPSA) is 67.0 Å². The molecular weight excluding hydrogens is 422 g/mol. The number of benzene rings is 1. The molecule has 0 bridgehead atoms. The number of H-pyrrole nitrogens is 1. The number of aromatic amines is 1. The average Bonchev–Trinajstić information content (AvgIpc) is 3.12. The number of carbonyl (C=O) groups excluding carboxylic acids is 1. The Morgan fingerprint density at radius 3 is 2.44 bits per heavy atom. The number of thiophene rings is 1. The zero-order valence-corrected chi connectivity index (χ0v) is 17.5. The zero-order valence-electron chi connectivity index (χ0n) is 14.3. The van der Waals surface area contributed by atoms with Gasteiger partial charge in [-0.2, -0.15) is 0 Å².